The molecule has 2 aliphatic heterocycles. The van der Waals surface area contributed by atoms with E-state index in [9.17, 15) is 15.0 Å². The molecule has 5 atom stereocenters. The molecule has 7 nitrogen and oxygen atoms in total. The van der Waals surface area contributed by atoms with E-state index < -0.39 is 39.4 Å². The van der Waals surface area contributed by atoms with E-state index in [1.54, 1.807) is 13.8 Å². The Balaban J connectivity index is 2.27. The molecule has 2 aliphatic rings. The minimum Gasteiger partial charge on any atom is -0.479 e. The monoisotopic (exact) mass is 264 g/mol. The van der Waals surface area contributed by atoms with Crippen LogP contribution in [0.1, 0.15) is 20.3 Å². The number of carboxylic acid groups (broad SMARTS) is 1. The summed E-state index contributed by atoms with van der Waals surface area (Å²) in [5.41, 5.74) is -0.186. The molecule has 0 aromatic carbocycles. The molecule has 8 heteroatoms. The van der Waals surface area contributed by atoms with Crippen LogP contribution in [0.5, 0.6) is 0 Å². The molecule has 2 saturated heterocycles. The highest BCUT2D eigenvalue weighted by molar-refractivity contribution is 6.62. The molecule has 0 saturated carbocycles. The number of rotatable bonds is 2. The summed E-state index contributed by atoms with van der Waals surface area (Å²) in [5, 5.41) is 28.2. The Morgan fingerprint density at radius 3 is 2.47 bits per heavy atom. The van der Waals surface area contributed by atoms with E-state index >= 15 is 0 Å². The topological polar surface area (TPSA) is 105 Å². The van der Waals surface area contributed by atoms with Crippen LogP contribution in [0.25, 0.3) is 0 Å². The van der Waals surface area contributed by atoms with Crippen molar-refractivity contribution < 1.29 is 33.4 Å². The van der Waals surface area contributed by atoms with Crippen molar-refractivity contribution in [3.63, 3.8) is 0 Å². The fraction of sp³-hybridized carbons (Fsp3) is 0.889. The molecule has 2 bridgehead atoms. The van der Waals surface area contributed by atoms with Crippen LogP contribution in [0.2, 0.25) is 5.54 Å². The maximum absolute atomic E-state index is 11.0. The van der Waals surface area contributed by atoms with Gasteiger partial charge in [0.2, 0.25) is 0 Å². The average molecular weight is 264 g/mol. The summed E-state index contributed by atoms with van der Waals surface area (Å²) in [6, 6.07) is 0. The number of aliphatic carboxylic acids is 1. The number of aliphatic hydroxyl groups is 2. The van der Waals surface area contributed by atoms with Crippen LogP contribution < -0.4 is 0 Å². The SMILES string of the molecule is CC(C)[Si]12OC(C(=O)O)CC(O1)C(O)C(O)O2. The standard InChI is InChI=1S/C9H16O7Si/c1-4(2)17-14-5(7(10)9(13)16-17)3-6(15-17)8(11)12/h4-7,9-10,13H,3H2,1-2H3,(H,11,12). The third-order valence-electron chi connectivity index (χ3n) is 3.01. The molecular weight excluding hydrogens is 248 g/mol. The van der Waals surface area contributed by atoms with E-state index in [2.05, 4.69) is 0 Å². The first-order chi connectivity index (χ1) is 7.85. The van der Waals surface area contributed by atoms with Crippen molar-refractivity contribution in [2.75, 3.05) is 0 Å². The smallest absolute Gasteiger partial charge is 0.479 e. The summed E-state index contributed by atoms with van der Waals surface area (Å²) in [6.07, 6.45) is -4.40. The zero-order chi connectivity index (χ0) is 12.8. The molecule has 2 fully saturated rings. The summed E-state index contributed by atoms with van der Waals surface area (Å²) in [4.78, 5) is 11.0. The van der Waals surface area contributed by atoms with Gasteiger partial charge in [-0.15, -0.1) is 0 Å². The fourth-order valence-electron chi connectivity index (χ4n) is 1.99. The number of carbonyl (C=O) groups is 1. The van der Waals surface area contributed by atoms with Gasteiger partial charge in [-0.25, -0.2) is 4.79 Å². The van der Waals surface area contributed by atoms with Crippen LogP contribution in [0.3, 0.4) is 0 Å². The van der Waals surface area contributed by atoms with Gasteiger partial charge in [0, 0.05) is 12.0 Å². The Kier molecular flexibility index (Phi) is 3.27. The Morgan fingerprint density at radius 1 is 1.29 bits per heavy atom. The number of carboxylic acids is 1. The van der Waals surface area contributed by atoms with Crippen molar-refractivity contribution in [1.82, 2.24) is 0 Å². The Labute approximate surface area is 99.3 Å². The normalized spacial score (nSPS) is 45.9. The van der Waals surface area contributed by atoms with Crippen LogP contribution >= 0.6 is 0 Å². The van der Waals surface area contributed by atoms with Crippen molar-refractivity contribution in [2.24, 2.45) is 0 Å². The maximum Gasteiger partial charge on any atom is 0.506 e. The van der Waals surface area contributed by atoms with E-state index in [1.807, 2.05) is 0 Å². The van der Waals surface area contributed by atoms with Gasteiger partial charge in [-0.1, -0.05) is 13.8 Å². The largest absolute Gasteiger partial charge is 0.506 e. The minimum absolute atomic E-state index is 0.0123. The van der Waals surface area contributed by atoms with Crippen LogP contribution in [0, 0.1) is 0 Å². The summed E-state index contributed by atoms with van der Waals surface area (Å²) >= 11 is 0. The van der Waals surface area contributed by atoms with Gasteiger partial charge in [0.15, 0.2) is 6.29 Å². The lowest BCUT2D eigenvalue weighted by Gasteiger charge is -2.49. The van der Waals surface area contributed by atoms with Gasteiger partial charge < -0.3 is 28.6 Å². The van der Waals surface area contributed by atoms with Crippen LogP contribution in [-0.2, 0) is 18.1 Å². The molecule has 17 heavy (non-hydrogen) atoms. The number of aliphatic hydroxyl groups excluding tert-OH is 2. The van der Waals surface area contributed by atoms with E-state index in [1.165, 1.54) is 0 Å². The molecule has 0 radical (unpaired) electrons. The first-order valence-corrected chi connectivity index (χ1v) is 7.28. The second-order valence-electron chi connectivity index (χ2n) is 4.59. The molecule has 2 heterocycles. The number of hydrogen-bond acceptors (Lipinski definition) is 6. The zero-order valence-corrected chi connectivity index (χ0v) is 10.6. The first kappa shape index (κ1) is 12.9. The van der Waals surface area contributed by atoms with Gasteiger partial charge in [-0.05, 0) is 0 Å². The molecule has 0 aliphatic carbocycles. The second kappa shape index (κ2) is 4.30. The molecular formula is C9H16O7Si. The van der Waals surface area contributed by atoms with Crippen molar-refractivity contribution in [3.8, 4) is 0 Å². The lowest BCUT2D eigenvalue weighted by Crippen LogP contribution is -2.68. The van der Waals surface area contributed by atoms with Crippen molar-refractivity contribution >= 4 is 14.8 Å². The zero-order valence-electron chi connectivity index (χ0n) is 9.57. The first-order valence-electron chi connectivity index (χ1n) is 5.48. The minimum atomic E-state index is -3.23. The van der Waals surface area contributed by atoms with Gasteiger partial charge in [0.05, 0.1) is 6.10 Å². The summed E-state index contributed by atoms with van der Waals surface area (Å²) < 4.78 is 16.2. The molecule has 5 unspecified atom stereocenters. The summed E-state index contributed by atoms with van der Waals surface area (Å²) in [6.45, 7) is 3.55. The third kappa shape index (κ3) is 2.12. The predicted molar refractivity (Wildman–Crippen MR) is 55.9 cm³/mol. The Hall–Kier alpha value is -0.513. The fourth-order valence-corrected chi connectivity index (χ4v) is 4.70. The third-order valence-corrected chi connectivity index (χ3v) is 6.24. The van der Waals surface area contributed by atoms with E-state index in [0.717, 1.165) is 0 Å². The van der Waals surface area contributed by atoms with Gasteiger partial charge in [-0.3, -0.25) is 0 Å². The molecule has 98 valence electrons. The molecule has 0 aromatic rings. The Morgan fingerprint density at radius 2 is 1.94 bits per heavy atom. The highest BCUT2D eigenvalue weighted by atomic mass is 28.4. The lowest BCUT2D eigenvalue weighted by atomic mass is 10.1. The molecule has 0 aromatic heterocycles. The van der Waals surface area contributed by atoms with Gasteiger partial charge >= 0.3 is 14.8 Å². The van der Waals surface area contributed by atoms with Crippen molar-refractivity contribution in [1.29, 1.82) is 0 Å². The predicted octanol–water partition coefficient (Wildman–Crippen LogP) is -0.697. The van der Waals surface area contributed by atoms with E-state index in [0.29, 0.717) is 0 Å². The average Bonchev–Trinajstić information content (AvgIpc) is 2.25. The van der Waals surface area contributed by atoms with Crippen molar-refractivity contribution in [3.05, 3.63) is 0 Å². The van der Waals surface area contributed by atoms with E-state index in [-0.39, 0.29) is 12.0 Å². The number of fused-ring (bicyclic) bond motifs is 2. The number of hydrogen-bond donors (Lipinski definition) is 3. The lowest BCUT2D eigenvalue weighted by molar-refractivity contribution is -0.238. The quantitative estimate of drug-likeness (QED) is 0.566. The van der Waals surface area contributed by atoms with E-state index in [4.69, 9.17) is 18.4 Å². The molecule has 3 N–H and O–H groups in total. The highest BCUT2D eigenvalue weighted by Crippen LogP contribution is 2.39. The van der Waals surface area contributed by atoms with Crippen molar-refractivity contribution in [2.45, 2.75) is 50.4 Å². The van der Waals surface area contributed by atoms with Crippen LogP contribution in [0.4, 0.5) is 0 Å². The molecule has 0 spiro atoms. The Bertz CT molecular complexity index is 318. The van der Waals surface area contributed by atoms with Crippen LogP contribution in [0.15, 0.2) is 0 Å². The van der Waals surface area contributed by atoms with Gasteiger partial charge in [0.1, 0.15) is 12.2 Å². The molecule has 0 amide bonds. The van der Waals surface area contributed by atoms with Crippen LogP contribution in [-0.4, -0.2) is 54.7 Å². The summed E-state index contributed by atoms with van der Waals surface area (Å²) in [7, 11) is -3.23. The van der Waals surface area contributed by atoms with Gasteiger partial charge in [-0.2, -0.15) is 0 Å². The van der Waals surface area contributed by atoms with Gasteiger partial charge in [0.25, 0.3) is 0 Å². The highest BCUT2D eigenvalue weighted by Gasteiger charge is 2.60. The second-order valence-corrected chi connectivity index (χ2v) is 7.66. The maximum atomic E-state index is 11.0. The summed E-state index contributed by atoms with van der Waals surface area (Å²) in [5.74, 6) is -1.11. The molecule has 2 rings (SSSR count).